The monoisotopic (exact) mass is 300 g/mol. The van der Waals surface area contributed by atoms with E-state index < -0.39 is 24.1 Å². The van der Waals surface area contributed by atoms with Crippen molar-refractivity contribution in [2.75, 3.05) is 11.4 Å². The molecule has 0 radical (unpaired) electrons. The molecule has 2 aliphatic rings. The topological polar surface area (TPSA) is 27.8 Å². The Morgan fingerprint density at radius 1 is 1.38 bits per heavy atom. The van der Waals surface area contributed by atoms with Crippen LogP contribution in [0.5, 0.6) is 0 Å². The second-order valence-corrected chi connectivity index (χ2v) is 5.54. The number of benzene rings is 1. The van der Waals surface area contributed by atoms with E-state index in [1.54, 1.807) is 0 Å². The third kappa shape index (κ3) is 2.33. The van der Waals surface area contributed by atoms with Crippen molar-refractivity contribution in [3.63, 3.8) is 0 Å². The van der Waals surface area contributed by atoms with Crippen molar-refractivity contribution in [3.05, 3.63) is 35.4 Å². The average molecular weight is 300 g/mol. The smallest absolute Gasteiger partial charge is 0.382 e. The van der Waals surface area contributed by atoms with E-state index >= 15 is 0 Å². The summed E-state index contributed by atoms with van der Waals surface area (Å²) in [6, 6.07) is 2.66. The van der Waals surface area contributed by atoms with Gasteiger partial charge in [0.05, 0.1) is 12.6 Å². The third-order valence-corrected chi connectivity index (χ3v) is 4.25. The van der Waals surface area contributed by atoms with Crippen LogP contribution in [0.3, 0.4) is 0 Å². The fraction of sp³-hybridized carbons (Fsp3) is 0.500. The minimum Gasteiger partial charge on any atom is -0.382 e. The highest BCUT2D eigenvalue weighted by atomic mass is 19.4. The fourth-order valence-electron chi connectivity index (χ4n) is 3.15. The quantitative estimate of drug-likeness (QED) is 0.671. The van der Waals surface area contributed by atoms with Gasteiger partial charge in [-0.05, 0) is 30.4 Å². The van der Waals surface area contributed by atoms with Gasteiger partial charge < -0.3 is 10.0 Å². The summed E-state index contributed by atoms with van der Waals surface area (Å²) in [7, 11) is 0. The Bertz CT molecular complexity index is 610. The molecule has 1 saturated heterocycles. The largest absolute Gasteiger partial charge is 0.416 e. The molecule has 1 N–H and O–H groups in total. The molecule has 21 heavy (non-hydrogen) atoms. The summed E-state index contributed by atoms with van der Waals surface area (Å²) in [6.45, 7) is 7.15. The van der Waals surface area contributed by atoms with Gasteiger partial charge in [-0.15, -0.1) is 0 Å². The number of alkyl halides is 3. The van der Waals surface area contributed by atoms with E-state index in [2.05, 4.69) is 4.85 Å². The van der Waals surface area contributed by atoms with E-state index in [4.69, 9.17) is 6.57 Å². The van der Waals surface area contributed by atoms with Gasteiger partial charge in [-0.2, -0.15) is 13.2 Å². The zero-order chi connectivity index (χ0) is 15.4. The Balaban J connectivity index is 1.91. The van der Waals surface area contributed by atoms with Crippen molar-refractivity contribution in [1.29, 1.82) is 0 Å². The molecule has 1 aliphatic carbocycles. The number of halogens is 4. The number of piperidine rings is 1. The molecule has 2 fully saturated rings. The normalized spacial score (nSPS) is 29.0. The number of aliphatic hydroxyl groups excluding tert-OH is 1. The molecule has 1 aromatic carbocycles. The van der Waals surface area contributed by atoms with Crippen LogP contribution in [0, 0.1) is 24.2 Å². The predicted octanol–water partition coefficient (Wildman–Crippen LogP) is 3.12. The zero-order valence-corrected chi connectivity index (χ0v) is 10.8. The molecule has 0 amide bonds. The van der Waals surface area contributed by atoms with E-state index in [1.165, 1.54) is 17.0 Å². The van der Waals surface area contributed by atoms with Gasteiger partial charge in [0, 0.05) is 12.2 Å². The molecule has 1 saturated carbocycles. The third-order valence-electron chi connectivity index (χ3n) is 4.25. The van der Waals surface area contributed by atoms with Crippen LogP contribution >= 0.6 is 0 Å². The predicted molar refractivity (Wildman–Crippen MR) is 67.5 cm³/mol. The number of nitrogens with zero attached hydrogens (tertiary/aromatic N) is 2. The molecule has 3 nitrogen and oxygen atoms in total. The van der Waals surface area contributed by atoms with Gasteiger partial charge in [0.1, 0.15) is 5.82 Å². The number of hydrogen-bond donors (Lipinski definition) is 1. The van der Waals surface area contributed by atoms with Crippen LogP contribution in [0.25, 0.3) is 4.85 Å². The van der Waals surface area contributed by atoms with Crippen LogP contribution in [0.15, 0.2) is 18.2 Å². The van der Waals surface area contributed by atoms with Gasteiger partial charge in [-0.25, -0.2) is 9.24 Å². The Morgan fingerprint density at radius 2 is 2.10 bits per heavy atom. The van der Waals surface area contributed by atoms with Crippen LogP contribution in [0.1, 0.15) is 6.42 Å². The SMILES string of the molecule is [C-]#[N+]c1ccc(N2C[C@@H]3C[C@@H]3[C@@H]2[C@H](O)C(F)(F)F)cc1F. The Morgan fingerprint density at radius 3 is 2.67 bits per heavy atom. The standard InChI is InChI=1S/C14H12F4N2O/c1-19-11-3-2-8(5-10(11)15)20-6-7-4-9(7)12(20)13(21)14(16,17)18/h2-3,5,7,9,12-13,21H,4,6H2/t7-,9-,12+,13-/m0/s1. The number of aliphatic hydroxyl groups is 1. The number of hydrogen-bond acceptors (Lipinski definition) is 2. The van der Waals surface area contributed by atoms with Gasteiger partial charge in [-0.3, -0.25) is 0 Å². The maximum absolute atomic E-state index is 13.6. The van der Waals surface area contributed by atoms with Crippen molar-refractivity contribution >= 4 is 11.4 Å². The lowest BCUT2D eigenvalue weighted by Gasteiger charge is -2.33. The van der Waals surface area contributed by atoms with E-state index in [0.29, 0.717) is 13.0 Å². The Kier molecular flexibility index (Phi) is 3.10. The van der Waals surface area contributed by atoms with Crippen LogP contribution in [0.2, 0.25) is 0 Å². The maximum Gasteiger partial charge on any atom is 0.416 e. The van der Waals surface area contributed by atoms with Crippen molar-refractivity contribution in [2.24, 2.45) is 11.8 Å². The van der Waals surface area contributed by atoms with E-state index in [-0.39, 0.29) is 23.2 Å². The molecule has 7 heteroatoms. The summed E-state index contributed by atoms with van der Waals surface area (Å²) in [6.07, 6.45) is -6.48. The van der Waals surface area contributed by atoms with Crippen LogP contribution in [0.4, 0.5) is 28.9 Å². The highest BCUT2D eigenvalue weighted by molar-refractivity contribution is 5.58. The van der Waals surface area contributed by atoms with E-state index in [9.17, 15) is 22.7 Å². The van der Waals surface area contributed by atoms with E-state index in [0.717, 1.165) is 6.07 Å². The molecule has 1 aliphatic heterocycles. The molecule has 112 valence electrons. The van der Waals surface area contributed by atoms with Crippen molar-refractivity contribution in [3.8, 4) is 0 Å². The maximum atomic E-state index is 13.6. The first-order chi connectivity index (χ1) is 9.82. The average Bonchev–Trinajstić information content (AvgIpc) is 3.08. The molecule has 0 spiro atoms. The van der Waals surface area contributed by atoms with Gasteiger partial charge >= 0.3 is 6.18 Å². The molecule has 0 bridgehead atoms. The van der Waals surface area contributed by atoms with Crippen molar-refractivity contribution in [1.82, 2.24) is 0 Å². The van der Waals surface area contributed by atoms with E-state index in [1.807, 2.05) is 0 Å². The summed E-state index contributed by atoms with van der Waals surface area (Å²) < 4.78 is 52.0. The second kappa shape index (κ2) is 4.60. The summed E-state index contributed by atoms with van der Waals surface area (Å²) >= 11 is 0. The molecule has 0 unspecified atom stereocenters. The van der Waals surface area contributed by atoms with Gasteiger partial charge in [0.25, 0.3) is 0 Å². The first kappa shape index (κ1) is 14.1. The van der Waals surface area contributed by atoms with Crippen molar-refractivity contribution < 1.29 is 22.7 Å². The first-order valence-electron chi connectivity index (χ1n) is 6.51. The summed E-state index contributed by atoms with van der Waals surface area (Å²) in [5.74, 6) is -0.843. The molecule has 1 heterocycles. The summed E-state index contributed by atoms with van der Waals surface area (Å²) in [5, 5.41) is 9.58. The molecule has 1 aromatic rings. The highest BCUT2D eigenvalue weighted by Gasteiger charge is 2.60. The lowest BCUT2D eigenvalue weighted by Crippen LogP contribution is -2.49. The van der Waals surface area contributed by atoms with Crippen LogP contribution in [-0.2, 0) is 0 Å². The fourth-order valence-corrected chi connectivity index (χ4v) is 3.15. The first-order valence-corrected chi connectivity index (χ1v) is 6.51. The number of anilines is 1. The molecular formula is C14H12F4N2O. The molecule has 4 atom stereocenters. The Labute approximate surface area is 118 Å². The Hall–Kier alpha value is -1.81. The minimum absolute atomic E-state index is 0.121. The van der Waals surface area contributed by atoms with Gasteiger partial charge in [-0.1, -0.05) is 6.07 Å². The van der Waals surface area contributed by atoms with Gasteiger partial charge in [0.2, 0.25) is 5.69 Å². The second-order valence-electron chi connectivity index (χ2n) is 5.54. The zero-order valence-electron chi connectivity index (χ0n) is 10.8. The lowest BCUT2D eigenvalue weighted by molar-refractivity contribution is -0.210. The minimum atomic E-state index is -4.70. The summed E-state index contributed by atoms with van der Waals surface area (Å²) in [5.41, 5.74) is 0.108. The molecule has 0 aromatic heterocycles. The lowest BCUT2D eigenvalue weighted by atomic mass is 10.0. The molecule has 3 rings (SSSR count). The molecular weight excluding hydrogens is 288 g/mol. The van der Waals surface area contributed by atoms with Crippen molar-refractivity contribution in [2.45, 2.75) is 24.7 Å². The number of fused-ring (bicyclic) bond motifs is 1. The van der Waals surface area contributed by atoms with Gasteiger partial charge in [0.15, 0.2) is 6.10 Å². The number of rotatable bonds is 2. The van der Waals surface area contributed by atoms with Crippen LogP contribution in [-0.4, -0.2) is 30.0 Å². The summed E-state index contributed by atoms with van der Waals surface area (Å²) in [4.78, 5) is 4.39. The highest BCUT2D eigenvalue weighted by Crippen LogP contribution is 2.53. The van der Waals surface area contributed by atoms with Crippen LogP contribution < -0.4 is 4.90 Å².